The Hall–Kier alpha value is -0.870. The maximum Gasteiger partial charge on any atom is 0.230 e. The van der Waals surface area contributed by atoms with Crippen LogP contribution in [0.3, 0.4) is 0 Å². The number of hydrogen-bond acceptors (Lipinski definition) is 2. The zero-order valence-electron chi connectivity index (χ0n) is 12.1. The zero-order valence-corrected chi connectivity index (χ0v) is 13.6. The first-order valence-corrected chi connectivity index (χ1v) is 7.99. The molecule has 0 aromatic heterocycles. The summed E-state index contributed by atoms with van der Waals surface area (Å²) >= 11 is 3.41. The predicted molar refractivity (Wildman–Crippen MR) is 83.5 cm³/mol. The van der Waals surface area contributed by atoms with E-state index in [9.17, 15) is 9.90 Å². The highest BCUT2D eigenvalue weighted by Crippen LogP contribution is 2.27. The van der Waals surface area contributed by atoms with E-state index in [4.69, 9.17) is 0 Å². The third-order valence-electron chi connectivity index (χ3n) is 4.26. The van der Waals surface area contributed by atoms with E-state index in [1.807, 2.05) is 36.1 Å². The van der Waals surface area contributed by atoms with Crippen molar-refractivity contribution in [1.82, 2.24) is 4.90 Å². The molecule has 0 radical (unpaired) electrons. The van der Waals surface area contributed by atoms with E-state index >= 15 is 0 Å². The smallest absolute Gasteiger partial charge is 0.230 e. The van der Waals surface area contributed by atoms with Crippen LogP contribution in [0.15, 0.2) is 28.7 Å². The first kappa shape index (κ1) is 15.5. The Morgan fingerprint density at radius 2 is 2.05 bits per heavy atom. The first-order chi connectivity index (χ1) is 9.52. The van der Waals surface area contributed by atoms with Crippen molar-refractivity contribution in [3.63, 3.8) is 0 Å². The fraction of sp³-hybridized carbons (Fsp3) is 0.562. The number of halogens is 1. The molecule has 110 valence electrons. The molecule has 0 saturated carbocycles. The lowest BCUT2D eigenvalue weighted by molar-refractivity contribution is -0.137. The fourth-order valence-corrected chi connectivity index (χ4v) is 3.05. The summed E-state index contributed by atoms with van der Waals surface area (Å²) in [6.45, 7) is 4.90. The third kappa shape index (κ3) is 3.41. The van der Waals surface area contributed by atoms with Crippen LogP contribution in [0.25, 0.3) is 0 Å². The Morgan fingerprint density at radius 1 is 1.40 bits per heavy atom. The largest absolute Gasteiger partial charge is 0.396 e. The number of benzene rings is 1. The minimum absolute atomic E-state index is 0.136. The van der Waals surface area contributed by atoms with Crippen molar-refractivity contribution in [3.8, 4) is 0 Å². The Bertz CT molecular complexity index is 460. The molecule has 1 aliphatic rings. The van der Waals surface area contributed by atoms with Gasteiger partial charge >= 0.3 is 0 Å². The number of nitrogens with zero attached hydrogens (tertiary/aromatic N) is 1. The van der Waals surface area contributed by atoms with Crippen molar-refractivity contribution < 1.29 is 9.90 Å². The van der Waals surface area contributed by atoms with Gasteiger partial charge in [-0.1, -0.05) is 28.1 Å². The Balaban J connectivity index is 2.10. The number of piperidine rings is 1. The molecule has 1 amide bonds. The maximum absolute atomic E-state index is 12.7. The van der Waals surface area contributed by atoms with Gasteiger partial charge in [0.25, 0.3) is 0 Å². The standard InChI is InChI=1S/C16H22BrNO2/c1-11-3-4-13(10-19)9-18(11)16(20)12(2)14-5-7-15(17)8-6-14/h5-8,11-13,19H,3-4,9-10H2,1-2H3. The van der Waals surface area contributed by atoms with Crippen LogP contribution in [-0.4, -0.2) is 35.1 Å². The van der Waals surface area contributed by atoms with Crippen LogP contribution in [0.2, 0.25) is 0 Å². The van der Waals surface area contributed by atoms with Gasteiger partial charge in [0.05, 0.1) is 5.92 Å². The molecule has 2 rings (SSSR count). The summed E-state index contributed by atoms with van der Waals surface area (Å²) < 4.78 is 1.02. The summed E-state index contributed by atoms with van der Waals surface area (Å²) in [5.74, 6) is 0.258. The van der Waals surface area contributed by atoms with E-state index in [0.717, 1.165) is 22.9 Å². The molecule has 1 aromatic rings. The maximum atomic E-state index is 12.7. The highest BCUT2D eigenvalue weighted by Gasteiger charge is 2.31. The van der Waals surface area contributed by atoms with Crippen LogP contribution in [0.5, 0.6) is 0 Å². The van der Waals surface area contributed by atoms with Crippen molar-refractivity contribution in [2.75, 3.05) is 13.2 Å². The van der Waals surface area contributed by atoms with Crippen molar-refractivity contribution in [2.24, 2.45) is 5.92 Å². The minimum atomic E-state index is -0.136. The minimum Gasteiger partial charge on any atom is -0.396 e. The number of amides is 1. The van der Waals surface area contributed by atoms with Crippen LogP contribution in [0.4, 0.5) is 0 Å². The second-order valence-electron chi connectivity index (χ2n) is 5.74. The van der Waals surface area contributed by atoms with Crippen LogP contribution < -0.4 is 0 Å². The lowest BCUT2D eigenvalue weighted by Gasteiger charge is -2.39. The molecule has 3 unspecified atom stereocenters. The van der Waals surface area contributed by atoms with E-state index in [1.165, 1.54) is 0 Å². The number of carbonyl (C=O) groups excluding carboxylic acids is 1. The van der Waals surface area contributed by atoms with Crippen LogP contribution in [0.1, 0.15) is 38.2 Å². The van der Waals surface area contributed by atoms with Crippen LogP contribution >= 0.6 is 15.9 Å². The Morgan fingerprint density at radius 3 is 2.65 bits per heavy atom. The molecule has 1 aromatic carbocycles. The molecular formula is C16H22BrNO2. The Kier molecular flexibility index (Phi) is 5.22. The average Bonchev–Trinajstić information content (AvgIpc) is 2.47. The SMILES string of the molecule is CC(C(=O)N1CC(CO)CCC1C)c1ccc(Br)cc1. The lowest BCUT2D eigenvalue weighted by atomic mass is 9.91. The summed E-state index contributed by atoms with van der Waals surface area (Å²) in [5.41, 5.74) is 1.04. The normalized spacial score (nSPS) is 24.5. The summed E-state index contributed by atoms with van der Waals surface area (Å²) in [6.07, 6.45) is 1.98. The van der Waals surface area contributed by atoms with Gasteiger partial charge in [-0.15, -0.1) is 0 Å². The molecule has 1 saturated heterocycles. The lowest BCUT2D eigenvalue weighted by Crippen LogP contribution is -2.47. The monoisotopic (exact) mass is 339 g/mol. The molecule has 3 atom stereocenters. The molecule has 1 aliphatic heterocycles. The van der Waals surface area contributed by atoms with Crippen molar-refractivity contribution in [3.05, 3.63) is 34.3 Å². The molecule has 0 bridgehead atoms. The number of carbonyl (C=O) groups is 1. The van der Waals surface area contributed by atoms with Gasteiger partial charge < -0.3 is 10.0 Å². The van der Waals surface area contributed by atoms with E-state index in [1.54, 1.807) is 0 Å². The van der Waals surface area contributed by atoms with Crippen molar-refractivity contribution in [1.29, 1.82) is 0 Å². The molecular weight excluding hydrogens is 318 g/mol. The molecule has 1 fully saturated rings. The van der Waals surface area contributed by atoms with Crippen LogP contribution in [0, 0.1) is 5.92 Å². The second-order valence-corrected chi connectivity index (χ2v) is 6.65. The van der Waals surface area contributed by atoms with E-state index in [-0.39, 0.29) is 30.4 Å². The Labute approximate surface area is 129 Å². The second kappa shape index (κ2) is 6.72. The van der Waals surface area contributed by atoms with Gasteiger partial charge in [-0.25, -0.2) is 0 Å². The summed E-state index contributed by atoms with van der Waals surface area (Å²) in [4.78, 5) is 14.6. The summed E-state index contributed by atoms with van der Waals surface area (Å²) in [5, 5.41) is 9.32. The highest BCUT2D eigenvalue weighted by molar-refractivity contribution is 9.10. The van der Waals surface area contributed by atoms with Gasteiger partial charge in [0, 0.05) is 23.7 Å². The number of aliphatic hydroxyl groups excluding tert-OH is 1. The summed E-state index contributed by atoms with van der Waals surface area (Å²) in [7, 11) is 0. The molecule has 0 aliphatic carbocycles. The van der Waals surface area contributed by atoms with Gasteiger partial charge in [0.15, 0.2) is 0 Å². The van der Waals surface area contributed by atoms with Gasteiger partial charge in [-0.05, 0) is 50.3 Å². The van der Waals surface area contributed by atoms with Gasteiger partial charge in [-0.3, -0.25) is 4.79 Å². The van der Waals surface area contributed by atoms with E-state index in [2.05, 4.69) is 22.9 Å². The molecule has 1 heterocycles. The van der Waals surface area contributed by atoms with Gasteiger partial charge in [0.2, 0.25) is 5.91 Å². The zero-order chi connectivity index (χ0) is 14.7. The van der Waals surface area contributed by atoms with Crippen molar-refractivity contribution in [2.45, 2.75) is 38.6 Å². The molecule has 0 spiro atoms. The quantitative estimate of drug-likeness (QED) is 0.918. The molecule has 1 N–H and O–H groups in total. The number of aliphatic hydroxyl groups is 1. The number of hydrogen-bond donors (Lipinski definition) is 1. The van der Waals surface area contributed by atoms with Gasteiger partial charge in [-0.2, -0.15) is 0 Å². The average molecular weight is 340 g/mol. The fourth-order valence-electron chi connectivity index (χ4n) is 2.78. The highest BCUT2D eigenvalue weighted by atomic mass is 79.9. The third-order valence-corrected chi connectivity index (χ3v) is 4.79. The molecule has 4 heteroatoms. The van der Waals surface area contributed by atoms with Gasteiger partial charge in [0.1, 0.15) is 0 Å². The topological polar surface area (TPSA) is 40.5 Å². The number of likely N-dealkylation sites (tertiary alicyclic amines) is 1. The predicted octanol–water partition coefficient (Wildman–Crippen LogP) is 3.17. The van der Waals surface area contributed by atoms with Crippen molar-refractivity contribution >= 4 is 21.8 Å². The molecule has 20 heavy (non-hydrogen) atoms. The van der Waals surface area contributed by atoms with E-state index in [0.29, 0.717) is 6.54 Å². The summed E-state index contributed by atoms with van der Waals surface area (Å²) in [6, 6.07) is 8.18. The number of rotatable bonds is 3. The van der Waals surface area contributed by atoms with E-state index < -0.39 is 0 Å². The first-order valence-electron chi connectivity index (χ1n) is 7.19. The van der Waals surface area contributed by atoms with Crippen LogP contribution in [-0.2, 0) is 4.79 Å². The molecule has 3 nitrogen and oxygen atoms in total.